The van der Waals surface area contributed by atoms with E-state index in [4.69, 9.17) is 9.26 Å². The Morgan fingerprint density at radius 3 is 2.88 bits per heavy atom. The first-order chi connectivity index (χ1) is 12.6. The van der Waals surface area contributed by atoms with E-state index in [1.54, 1.807) is 17.9 Å². The van der Waals surface area contributed by atoms with Crippen LogP contribution >= 0.6 is 11.3 Å². The monoisotopic (exact) mass is 379 g/mol. The largest absolute Gasteiger partial charge is 0.377 e. The molecule has 1 saturated heterocycles. The number of amides is 2. The zero-order valence-electron chi connectivity index (χ0n) is 14.7. The normalized spacial score (nSPS) is 17.3. The van der Waals surface area contributed by atoms with Crippen molar-refractivity contribution in [3.8, 4) is 0 Å². The lowest BCUT2D eigenvalue weighted by atomic mass is 10.1. The average molecular weight is 379 g/mol. The van der Waals surface area contributed by atoms with Gasteiger partial charge in [-0.1, -0.05) is 23.4 Å². The van der Waals surface area contributed by atoms with Gasteiger partial charge in [-0.3, -0.25) is 9.59 Å². The molecule has 2 aromatic heterocycles. The van der Waals surface area contributed by atoms with Gasteiger partial charge in [0.25, 0.3) is 5.91 Å². The lowest BCUT2D eigenvalue weighted by molar-refractivity contribution is -0.123. The van der Waals surface area contributed by atoms with Gasteiger partial charge in [-0.2, -0.15) is 0 Å². The van der Waals surface area contributed by atoms with E-state index in [-0.39, 0.29) is 30.0 Å². The average Bonchev–Trinajstić information content (AvgIpc) is 3.28. The first-order valence-electron chi connectivity index (χ1n) is 8.46. The van der Waals surface area contributed by atoms with E-state index >= 15 is 0 Å². The van der Waals surface area contributed by atoms with Gasteiger partial charge in [0.15, 0.2) is 5.69 Å². The number of nitrogens with zero attached hydrogens (tertiary/aromatic N) is 4. The van der Waals surface area contributed by atoms with E-state index in [2.05, 4.69) is 20.7 Å². The number of aryl methyl sites for hydroxylation is 2. The molecule has 0 aliphatic carbocycles. The molecule has 10 heteroatoms. The fourth-order valence-corrected chi connectivity index (χ4v) is 3.39. The molecule has 140 valence electrons. The summed E-state index contributed by atoms with van der Waals surface area (Å²) in [5.41, 5.74) is 0.246. The summed E-state index contributed by atoms with van der Waals surface area (Å²) in [7, 11) is 0. The lowest BCUT2D eigenvalue weighted by Gasteiger charge is -2.34. The fraction of sp³-hybridized carbons (Fsp3) is 0.562. The van der Waals surface area contributed by atoms with Crippen molar-refractivity contribution in [1.29, 1.82) is 0 Å². The Morgan fingerprint density at radius 1 is 1.38 bits per heavy atom. The topological polar surface area (TPSA) is 110 Å². The number of rotatable bonds is 6. The maximum atomic E-state index is 12.6. The highest BCUT2D eigenvalue weighted by Crippen LogP contribution is 2.16. The number of aromatic nitrogens is 3. The Bertz CT molecular complexity index is 774. The van der Waals surface area contributed by atoms with Gasteiger partial charge in [0.1, 0.15) is 15.8 Å². The van der Waals surface area contributed by atoms with Crippen LogP contribution in [0, 0.1) is 6.92 Å². The zero-order chi connectivity index (χ0) is 18.5. The maximum Gasteiger partial charge on any atom is 0.276 e. The Hall–Kier alpha value is -2.33. The summed E-state index contributed by atoms with van der Waals surface area (Å²) in [6.45, 7) is 5.23. The first kappa shape index (κ1) is 18.5. The fourth-order valence-electron chi connectivity index (χ4n) is 2.67. The highest BCUT2D eigenvalue weighted by molar-refractivity contribution is 7.11. The predicted molar refractivity (Wildman–Crippen MR) is 92.6 cm³/mol. The Balaban J connectivity index is 1.57. The van der Waals surface area contributed by atoms with Crippen molar-refractivity contribution in [2.45, 2.75) is 39.3 Å². The number of carbonyl (C=O) groups is 2. The van der Waals surface area contributed by atoms with Gasteiger partial charge < -0.3 is 19.5 Å². The summed E-state index contributed by atoms with van der Waals surface area (Å²) in [6, 6.07) is 1.25. The maximum absolute atomic E-state index is 12.6. The Morgan fingerprint density at radius 2 is 2.19 bits per heavy atom. The number of hydrogen-bond donors (Lipinski definition) is 1. The van der Waals surface area contributed by atoms with Gasteiger partial charge in [0.05, 0.1) is 25.8 Å². The molecule has 1 atom stereocenters. The van der Waals surface area contributed by atoms with Crippen LogP contribution < -0.4 is 5.32 Å². The molecule has 1 unspecified atom stereocenters. The van der Waals surface area contributed by atoms with Crippen LogP contribution in [0.15, 0.2) is 10.6 Å². The van der Waals surface area contributed by atoms with E-state index < -0.39 is 0 Å². The molecule has 0 saturated carbocycles. The summed E-state index contributed by atoms with van der Waals surface area (Å²) in [5, 5.41) is 16.4. The van der Waals surface area contributed by atoms with Crippen molar-refractivity contribution >= 4 is 23.2 Å². The summed E-state index contributed by atoms with van der Waals surface area (Å²) in [6.07, 6.45) is 0.978. The van der Waals surface area contributed by atoms with Crippen molar-refractivity contribution in [2.24, 2.45) is 0 Å². The van der Waals surface area contributed by atoms with E-state index in [9.17, 15) is 9.59 Å². The molecule has 1 aliphatic rings. The van der Waals surface area contributed by atoms with Gasteiger partial charge in [0, 0.05) is 19.0 Å². The molecule has 2 amide bonds. The summed E-state index contributed by atoms with van der Waals surface area (Å²) >= 11 is 1.48. The van der Waals surface area contributed by atoms with E-state index in [1.165, 1.54) is 11.3 Å². The minimum Gasteiger partial charge on any atom is -0.377 e. The van der Waals surface area contributed by atoms with Crippen molar-refractivity contribution in [3.05, 3.63) is 27.5 Å². The second-order valence-electron chi connectivity index (χ2n) is 5.97. The smallest absolute Gasteiger partial charge is 0.276 e. The lowest BCUT2D eigenvalue weighted by Crippen LogP contribution is -2.50. The second-order valence-corrected chi connectivity index (χ2v) is 7.12. The van der Waals surface area contributed by atoms with Crippen LogP contribution in [-0.4, -0.2) is 57.9 Å². The molecular weight excluding hydrogens is 358 g/mol. The molecule has 1 N–H and O–H groups in total. The quantitative estimate of drug-likeness (QED) is 0.795. The number of carbonyl (C=O) groups excluding carboxylic acids is 2. The molecule has 1 aliphatic heterocycles. The van der Waals surface area contributed by atoms with Crippen molar-refractivity contribution in [2.75, 3.05) is 19.8 Å². The van der Waals surface area contributed by atoms with Crippen LogP contribution in [0.3, 0.4) is 0 Å². The third-order valence-corrected chi connectivity index (χ3v) is 5.07. The number of morpholine rings is 1. The second kappa shape index (κ2) is 8.37. The third kappa shape index (κ3) is 4.44. The zero-order valence-corrected chi connectivity index (χ0v) is 15.5. The number of hydrogen-bond acceptors (Lipinski definition) is 8. The molecule has 9 nitrogen and oxygen atoms in total. The predicted octanol–water partition coefficient (Wildman–Crippen LogP) is 0.944. The summed E-state index contributed by atoms with van der Waals surface area (Å²) in [5.74, 6) is 0.155. The van der Waals surface area contributed by atoms with Crippen LogP contribution in [0.1, 0.15) is 39.6 Å². The van der Waals surface area contributed by atoms with Gasteiger partial charge in [-0.15, -0.1) is 10.2 Å². The summed E-state index contributed by atoms with van der Waals surface area (Å²) in [4.78, 5) is 26.5. The molecule has 0 radical (unpaired) electrons. The van der Waals surface area contributed by atoms with Gasteiger partial charge in [-0.05, 0) is 13.3 Å². The van der Waals surface area contributed by atoms with Crippen LogP contribution in [0.4, 0.5) is 0 Å². The molecule has 0 bridgehead atoms. The highest BCUT2D eigenvalue weighted by atomic mass is 32.1. The third-order valence-electron chi connectivity index (χ3n) is 4.00. The standard InChI is InChI=1S/C16H21N5O4S/c1-3-14-18-19-15(26-14)8-17-13(22)7-11-9-24-5-4-21(11)16(23)12-6-10(2)25-20-12/h6,11H,3-5,7-9H2,1-2H3,(H,17,22). The molecule has 2 aromatic rings. The molecular formula is C16H21N5O4S. The van der Waals surface area contributed by atoms with Gasteiger partial charge in [0.2, 0.25) is 5.91 Å². The van der Waals surface area contributed by atoms with Crippen molar-refractivity contribution in [3.63, 3.8) is 0 Å². The molecule has 3 heterocycles. The number of nitrogens with one attached hydrogen (secondary N) is 1. The minimum absolute atomic E-state index is 0.155. The summed E-state index contributed by atoms with van der Waals surface area (Å²) < 4.78 is 10.4. The van der Waals surface area contributed by atoms with Crippen LogP contribution in [-0.2, 0) is 22.5 Å². The van der Waals surface area contributed by atoms with E-state index in [0.717, 1.165) is 16.4 Å². The molecule has 1 fully saturated rings. The first-order valence-corrected chi connectivity index (χ1v) is 9.28. The van der Waals surface area contributed by atoms with Crippen molar-refractivity contribution in [1.82, 2.24) is 25.6 Å². The van der Waals surface area contributed by atoms with Crippen molar-refractivity contribution < 1.29 is 18.8 Å². The van der Waals surface area contributed by atoms with E-state index in [0.29, 0.717) is 32.1 Å². The SMILES string of the molecule is CCc1nnc(CNC(=O)CC2COCCN2C(=O)c2cc(C)on2)s1. The Labute approximate surface area is 154 Å². The van der Waals surface area contributed by atoms with Gasteiger partial charge in [-0.25, -0.2) is 0 Å². The Kier molecular flexibility index (Phi) is 5.94. The highest BCUT2D eigenvalue weighted by Gasteiger charge is 2.31. The minimum atomic E-state index is -0.339. The number of ether oxygens (including phenoxy) is 1. The molecule has 26 heavy (non-hydrogen) atoms. The van der Waals surface area contributed by atoms with Crippen LogP contribution in [0.2, 0.25) is 0 Å². The molecule has 3 rings (SSSR count). The molecule has 0 spiro atoms. The van der Waals surface area contributed by atoms with Crippen LogP contribution in [0.25, 0.3) is 0 Å². The molecule has 0 aromatic carbocycles. The van der Waals surface area contributed by atoms with Crippen LogP contribution in [0.5, 0.6) is 0 Å². The van der Waals surface area contributed by atoms with Gasteiger partial charge >= 0.3 is 0 Å². The van der Waals surface area contributed by atoms with E-state index in [1.807, 2.05) is 6.92 Å².